The maximum atomic E-state index is 11.8. The zero-order valence-electron chi connectivity index (χ0n) is 8.56. The first-order valence-electron chi connectivity index (χ1n) is 5.12. The Labute approximate surface area is 92.3 Å². The third kappa shape index (κ3) is 1.27. The van der Waals surface area contributed by atoms with E-state index in [-0.39, 0.29) is 5.96 Å². The molecule has 0 saturated heterocycles. The van der Waals surface area contributed by atoms with E-state index in [1.807, 2.05) is 6.07 Å². The van der Waals surface area contributed by atoms with E-state index in [2.05, 4.69) is 10.4 Å². The summed E-state index contributed by atoms with van der Waals surface area (Å²) in [6, 6.07) is 3.58. The van der Waals surface area contributed by atoms with E-state index in [9.17, 15) is 5.21 Å². The molecule has 1 aromatic carbocycles. The predicted molar refractivity (Wildman–Crippen MR) is 60.5 cm³/mol. The molecule has 2 heterocycles. The number of rotatable bonds is 0. The van der Waals surface area contributed by atoms with Crippen LogP contribution in [0, 0.1) is 5.21 Å². The number of anilines is 1. The summed E-state index contributed by atoms with van der Waals surface area (Å²) in [7, 11) is 0. The lowest BCUT2D eigenvalue weighted by Gasteiger charge is -2.37. The van der Waals surface area contributed by atoms with Crippen LogP contribution >= 0.6 is 0 Å². The third-order valence-electron chi connectivity index (χ3n) is 2.71. The van der Waals surface area contributed by atoms with Crippen LogP contribution in [0.15, 0.2) is 17.1 Å². The minimum absolute atomic E-state index is 0.110. The van der Waals surface area contributed by atoms with Crippen LogP contribution in [0.3, 0.4) is 0 Å². The lowest BCUT2D eigenvalue weighted by molar-refractivity contribution is 0.288. The molecule has 0 saturated carbocycles. The van der Waals surface area contributed by atoms with Crippen LogP contribution < -0.4 is 21.1 Å². The highest BCUT2D eigenvalue weighted by Gasteiger charge is 2.21. The quantitative estimate of drug-likeness (QED) is 0.673. The summed E-state index contributed by atoms with van der Waals surface area (Å²) < 4.78 is 5.49. The number of ether oxygens (including phenoxy) is 1. The fourth-order valence-electron chi connectivity index (χ4n) is 2.04. The number of hydrogen-bond acceptors (Lipinski definition) is 6. The van der Waals surface area contributed by atoms with Crippen molar-refractivity contribution in [2.24, 2.45) is 10.7 Å². The molecule has 0 amide bonds. The average Bonchev–Trinajstić information content (AvgIpc) is 2.28. The molecule has 6 heteroatoms. The van der Waals surface area contributed by atoms with Crippen molar-refractivity contribution in [3.63, 3.8) is 0 Å². The lowest BCUT2D eigenvalue weighted by atomic mass is 10.0. The average molecular weight is 219 g/mol. The van der Waals surface area contributed by atoms with Gasteiger partial charge in [0.15, 0.2) is 0 Å². The molecule has 2 aliphatic rings. The van der Waals surface area contributed by atoms with Gasteiger partial charge in [0.2, 0.25) is 5.96 Å². The van der Waals surface area contributed by atoms with Gasteiger partial charge in [-0.1, -0.05) is 0 Å². The molecule has 0 unspecified atom stereocenters. The molecule has 16 heavy (non-hydrogen) atoms. The SMILES string of the molecule is NC1=Nc2ccc3c(c2N([O-])N1)CCCO3. The molecular weight excluding hydrogens is 208 g/mol. The van der Waals surface area contributed by atoms with E-state index < -0.39 is 0 Å². The highest BCUT2D eigenvalue weighted by Crippen LogP contribution is 2.41. The molecular formula is C10H11N4O2-. The number of benzene rings is 1. The van der Waals surface area contributed by atoms with E-state index in [1.54, 1.807) is 6.07 Å². The summed E-state index contributed by atoms with van der Waals surface area (Å²) >= 11 is 0. The van der Waals surface area contributed by atoms with Crippen LogP contribution in [-0.4, -0.2) is 12.6 Å². The number of nitrogens with zero attached hydrogens (tertiary/aromatic N) is 2. The first-order valence-corrected chi connectivity index (χ1v) is 5.12. The number of nitrogens with one attached hydrogen (secondary N) is 1. The van der Waals surface area contributed by atoms with E-state index >= 15 is 0 Å². The highest BCUT2D eigenvalue weighted by molar-refractivity contribution is 5.91. The van der Waals surface area contributed by atoms with Crippen LogP contribution in [0.5, 0.6) is 5.75 Å². The Bertz CT molecular complexity index is 472. The van der Waals surface area contributed by atoms with E-state index in [0.29, 0.717) is 23.2 Å². The molecule has 84 valence electrons. The van der Waals surface area contributed by atoms with Crippen LogP contribution in [0.4, 0.5) is 11.4 Å². The minimum atomic E-state index is 0.110. The van der Waals surface area contributed by atoms with Gasteiger partial charge in [0, 0.05) is 5.56 Å². The first kappa shape index (κ1) is 9.29. The zero-order chi connectivity index (χ0) is 11.1. The van der Waals surface area contributed by atoms with Crippen molar-refractivity contribution in [1.29, 1.82) is 0 Å². The summed E-state index contributed by atoms with van der Waals surface area (Å²) in [6.45, 7) is 0.698. The number of fused-ring (bicyclic) bond motifs is 3. The first-order chi connectivity index (χ1) is 7.75. The number of hydrogen-bond donors (Lipinski definition) is 2. The highest BCUT2D eigenvalue weighted by atomic mass is 16.5. The molecule has 0 radical (unpaired) electrons. The Hall–Kier alpha value is -1.95. The van der Waals surface area contributed by atoms with Gasteiger partial charge >= 0.3 is 0 Å². The Balaban J connectivity index is 2.19. The van der Waals surface area contributed by atoms with Gasteiger partial charge in [-0.3, -0.25) is 5.43 Å². The summed E-state index contributed by atoms with van der Waals surface area (Å²) in [5.74, 6) is 0.877. The molecule has 0 atom stereocenters. The van der Waals surface area contributed by atoms with Gasteiger partial charge in [0.1, 0.15) is 5.75 Å². The monoisotopic (exact) mass is 219 g/mol. The van der Waals surface area contributed by atoms with Crippen LogP contribution in [-0.2, 0) is 6.42 Å². The molecule has 0 fully saturated rings. The third-order valence-corrected chi connectivity index (χ3v) is 2.71. The minimum Gasteiger partial charge on any atom is -0.739 e. The van der Waals surface area contributed by atoms with Gasteiger partial charge in [-0.05, 0) is 25.0 Å². The van der Waals surface area contributed by atoms with Crippen molar-refractivity contribution in [1.82, 2.24) is 5.43 Å². The number of nitrogens with two attached hydrogens (primary N) is 1. The summed E-state index contributed by atoms with van der Waals surface area (Å²) in [6.07, 6.45) is 1.74. The number of hydrazine groups is 1. The Morgan fingerprint density at radius 2 is 2.38 bits per heavy atom. The van der Waals surface area contributed by atoms with Gasteiger partial charge in [-0.15, -0.1) is 0 Å². The maximum absolute atomic E-state index is 11.8. The molecule has 1 aromatic rings. The van der Waals surface area contributed by atoms with E-state index in [0.717, 1.165) is 24.2 Å². The second kappa shape index (κ2) is 3.28. The Kier molecular flexibility index (Phi) is 1.90. The van der Waals surface area contributed by atoms with Crippen molar-refractivity contribution in [3.05, 3.63) is 22.9 Å². The van der Waals surface area contributed by atoms with Crippen molar-refractivity contribution in [3.8, 4) is 5.75 Å². The van der Waals surface area contributed by atoms with Crippen LogP contribution in [0.1, 0.15) is 12.0 Å². The van der Waals surface area contributed by atoms with Crippen molar-refractivity contribution in [2.75, 3.05) is 11.8 Å². The van der Waals surface area contributed by atoms with Crippen molar-refractivity contribution >= 4 is 17.3 Å². The van der Waals surface area contributed by atoms with Gasteiger partial charge in [-0.2, -0.15) is 0 Å². The molecule has 0 spiro atoms. The van der Waals surface area contributed by atoms with Crippen LogP contribution in [0.2, 0.25) is 0 Å². The molecule has 0 aliphatic carbocycles. The van der Waals surface area contributed by atoms with Crippen molar-refractivity contribution in [2.45, 2.75) is 12.8 Å². The fourth-order valence-corrected chi connectivity index (χ4v) is 2.04. The van der Waals surface area contributed by atoms with Crippen LogP contribution in [0.25, 0.3) is 0 Å². The maximum Gasteiger partial charge on any atom is 0.212 e. The molecule has 0 aromatic heterocycles. The standard InChI is InChI=1S/C10H11N4O2/c11-10-12-7-3-4-8-6(2-1-5-16-8)9(7)14(15)13-10/h3-4H,1-2,5H2,(H3,11,12,13)/q-1. The van der Waals surface area contributed by atoms with E-state index in [1.165, 1.54) is 0 Å². The molecule has 3 N–H and O–H groups in total. The molecule has 3 rings (SSSR count). The van der Waals surface area contributed by atoms with Gasteiger partial charge in [0.05, 0.1) is 18.0 Å². The Morgan fingerprint density at radius 3 is 3.25 bits per heavy atom. The second-order valence-corrected chi connectivity index (χ2v) is 3.77. The number of aliphatic imine (C=N–C) groups is 1. The smallest absolute Gasteiger partial charge is 0.212 e. The molecule has 2 aliphatic heterocycles. The normalized spacial score (nSPS) is 17.8. The number of guanidine groups is 1. The summed E-state index contributed by atoms with van der Waals surface area (Å²) in [5.41, 5.74) is 9.94. The van der Waals surface area contributed by atoms with E-state index in [4.69, 9.17) is 10.5 Å². The van der Waals surface area contributed by atoms with Gasteiger partial charge in [0.25, 0.3) is 0 Å². The second-order valence-electron chi connectivity index (χ2n) is 3.77. The summed E-state index contributed by atoms with van der Waals surface area (Å²) in [5, 5.41) is 12.4. The topological polar surface area (TPSA) is 85.9 Å². The lowest BCUT2D eigenvalue weighted by Crippen LogP contribution is -2.45. The van der Waals surface area contributed by atoms with Gasteiger partial charge < -0.3 is 20.9 Å². The largest absolute Gasteiger partial charge is 0.739 e. The molecule has 0 bridgehead atoms. The van der Waals surface area contributed by atoms with Crippen molar-refractivity contribution < 1.29 is 4.74 Å². The zero-order valence-corrected chi connectivity index (χ0v) is 8.56. The van der Waals surface area contributed by atoms with Gasteiger partial charge in [-0.25, -0.2) is 4.99 Å². The predicted octanol–water partition coefficient (Wildman–Crippen LogP) is 0.780. The summed E-state index contributed by atoms with van der Waals surface area (Å²) in [4.78, 5) is 4.09. The fraction of sp³-hybridized carbons (Fsp3) is 0.300. The Morgan fingerprint density at radius 1 is 1.50 bits per heavy atom. The molecule has 6 nitrogen and oxygen atoms in total.